The summed E-state index contributed by atoms with van der Waals surface area (Å²) in [7, 11) is 0. The van der Waals surface area contributed by atoms with Crippen LogP contribution >= 0.6 is 11.6 Å². The van der Waals surface area contributed by atoms with Crippen molar-refractivity contribution < 1.29 is 5.11 Å². The molecule has 4 rings (SSSR count). The average molecular weight is 353 g/mol. The number of benzene rings is 2. The van der Waals surface area contributed by atoms with E-state index < -0.39 is 6.10 Å². The summed E-state index contributed by atoms with van der Waals surface area (Å²) in [5, 5.41) is 19.6. The predicted octanol–water partition coefficient (Wildman–Crippen LogP) is 3.99. The highest BCUT2D eigenvalue weighted by atomic mass is 35.5. The van der Waals surface area contributed by atoms with Crippen molar-refractivity contribution in [1.29, 1.82) is 0 Å². The van der Waals surface area contributed by atoms with Gasteiger partial charge in [-0.15, -0.1) is 0 Å². The van der Waals surface area contributed by atoms with E-state index in [4.69, 9.17) is 11.6 Å². The Kier molecular flexibility index (Phi) is 4.03. The Bertz CT molecular complexity index is 1050. The Morgan fingerprint density at radius 2 is 1.84 bits per heavy atom. The quantitative estimate of drug-likeness (QED) is 0.583. The Hall–Kier alpha value is -2.63. The minimum atomic E-state index is -0.625. The van der Waals surface area contributed by atoms with Crippen LogP contribution in [0, 0.1) is 6.92 Å². The van der Waals surface area contributed by atoms with Crippen molar-refractivity contribution in [2.75, 3.05) is 11.9 Å². The Balaban J connectivity index is 1.74. The molecule has 0 aliphatic rings. The van der Waals surface area contributed by atoms with Gasteiger partial charge < -0.3 is 10.4 Å². The van der Waals surface area contributed by atoms with Gasteiger partial charge in [-0.05, 0) is 24.6 Å². The maximum Gasteiger partial charge on any atom is 0.176 e. The van der Waals surface area contributed by atoms with E-state index in [1.807, 2.05) is 61.5 Å². The van der Waals surface area contributed by atoms with Crippen LogP contribution in [0.4, 0.5) is 5.82 Å². The fourth-order valence-corrected chi connectivity index (χ4v) is 3.07. The molecule has 0 saturated heterocycles. The second-order valence-electron chi connectivity index (χ2n) is 5.92. The van der Waals surface area contributed by atoms with Gasteiger partial charge in [-0.1, -0.05) is 54.1 Å². The van der Waals surface area contributed by atoms with Gasteiger partial charge in [0.25, 0.3) is 0 Å². The van der Waals surface area contributed by atoms with Crippen LogP contribution in [0.3, 0.4) is 0 Å². The van der Waals surface area contributed by atoms with E-state index in [0.717, 1.165) is 22.2 Å². The van der Waals surface area contributed by atoms with Gasteiger partial charge in [-0.25, -0.2) is 9.50 Å². The molecular weight excluding hydrogens is 336 g/mol. The van der Waals surface area contributed by atoms with Crippen molar-refractivity contribution in [3.63, 3.8) is 0 Å². The lowest BCUT2D eigenvalue weighted by atomic mass is 10.1. The van der Waals surface area contributed by atoms with Gasteiger partial charge >= 0.3 is 0 Å². The zero-order valence-corrected chi connectivity index (χ0v) is 14.4. The van der Waals surface area contributed by atoms with Crippen molar-refractivity contribution in [2.45, 2.75) is 13.0 Å². The maximum atomic E-state index is 10.4. The first-order valence-electron chi connectivity index (χ1n) is 8.05. The normalized spacial score (nSPS) is 12.6. The Labute approximate surface area is 149 Å². The van der Waals surface area contributed by atoms with Crippen LogP contribution in [0.2, 0.25) is 5.02 Å². The molecule has 25 heavy (non-hydrogen) atoms. The molecule has 2 N–H and O–H groups in total. The van der Waals surface area contributed by atoms with E-state index in [1.54, 1.807) is 4.52 Å². The van der Waals surface area contributed by atoms with Crippen molar-refractivity contribution in [2.24, 2.45) is 0 Å². The van der Waals surface area contributed by atoms with Crippen molar-refractivity contribution in [3.8, 4) is 0 Å². The molecule has 2 heterocycles. The number of anilines is 1. The summed E-state index contributed by atoms with van der Waals surface area (Å²) in [5.74, 6) is 0.680. The Morgan fingerprint density at radius 3 is 2.64 bits per heavy atom. The molecule has 6 heteroatoms. The number of rotatable bonds is 4. The average Bonchev–Trinajstić information content (AvgIpc) is 2.95. The lowest BCUT2D eigenvalue weighted by molar-refractivity contribution is 0.191. The zero-order valence-electron chi connectivity index (χ0n) is 13.6. The summed E-state index contributed by atoms with van der Waals surface area (Å²) in [4.78, 5) is 4.64. The minimum Gasteiger partial charge on any atom is -0.387 e. The lowest BCUT2D eigenvalue weighted by Gasteiger charge is -2.14. The van der Waals surface area contributed by atoms with Gasteiger partial charge in [-0.2, -0.15) is 5.10 Å². The molecule has 126 valence electrons. The third kappa shape index (κ3) is 2.81. The summed E-state index contributed by atoms with van der Waals surface area (Å²) in [6, 6.07) is 17.4. The molecule has 0 bridgehead atoms. The van der Waals surface area contributed by atoms with Crippen LogP contribution in [0.1, 0.15) is 17.4 Å². The van der Waals surface area contributed by atoms with Crippen LogP contribution in [0.25, 0.3) is 16.6 Å². The molecule has 1 atom stereocenters. The number of halogens is 1. The van der Waals surface area contributed by atoms with Gasteiger partial charge in [0.2, 0.25) is 0 Å². The molecule has 0 radical (unpaired) electrons. The van der Waals surface area contributed by atoms with E-state index in [2.05, 4.69) is 15.4 Å². The van der Waals surface area contributed by atoms with E-state index in [-0.39, 0.29) is 0 Å². The standard InChI is InChI=1S/C19H17ClN4O/c1-12-17(20)19-22-18(14-9-5-6-10-15(14)24(19)23-12)21-11-16(25)13-7-3-2-4-8-13/h2-10,16,25H,11H2,1H3,(H,21,22)/t16-/m1/s1. The van der Waals surface area contributed by atoms with Gasteiger partial charge in [-0.3, -0.25) is 0 Å². The second kappa shape index (κ2) is 6.35. The number of aromatic nitrogens is 3. The number of fused-ring (bicyclic) bond motifs is 3. The highest BCUT2D eigenvalue weighted by Gasteiger charge is 2.15. The molecule has 0 unspecified atom stereocenters. The summed E-state index contributed by atoms with van der Waals surface area (Å²) < 4.78 is 1.76. The molecule has 0 amide bonds. The highest BCUT2D eigenvalue weighted by molar-refractivity contribution is 6.34. The molecule has 0 spiro atoms. The summed E-state index contributed by atoms with van der Waals surface area (Å²) in [5.41, 5.74) is 3.12. The van der Waals surface area contributed by atoms with E-state index in [9.17, 15) is 5.11 Å². The monoisotopic (exact) mass is 352 g/mol. The number of aliphatic hydroxyl groups excluding tert-OH is 1. The van der Waals surface area contributed by atoms with Gasteiger partial charge in [0.1, 0.15) is 10.8 Å². The number of para-hydroxylation sites is 1. The summed E-state index contributed by atoms with van der Waals surface area (Å²) >= 11 is 6.35. The van der Waals surface area contributed by atoms with Gasteiger partial charge in [0.15, 0.2) is 5.65 Å². The number of aliphatic hydroxyl groups is 1. The molecule has 0 aliphatic carbocycles. The van der Waals surface area contributed by atoms with E-state index in [1.165, 1.54) is 0 Å². The first kappa shape index (κ1) is 15.9. The van der Waals surface area contributed by atoms with Crippen LogP contribution in [0.15, 0.2) is 54.6 Å². The zero-order chi connectivity index (χ0) is 17.4. The molecule has 0 saturated carbocycles. The molecule has 4 aromatic rings. The minimum absolute atomic E-state index is 0.349. The fourth-order valence-electron chi connectivity index (χ4n) is 2.91. The third-order valence-electron chi connectivity index (χ3n) is 4.22. The number of nitrogens with zero attached hydrogens (tertiary/aromatic N) is 3. The van der Waals surface area contributed by atoms with Crippen molar-refractivity contribution in [1.82, 2.24) is 14.6 Å². The third-order valence-corrected chi connectivity index (χ3v) is 4.66. The first-order valence-corrected chi connectivity index (χ1v) is 8.43. The van der Waals surface area contributed by atoms with E-state index in [0.29, 0.717) is 23.0 Å². The molecular formula is C19H17ClN4O. The van der Waals surface area contributed by atoms with E-state index >= 15 is 0 Å². The first-order chi connectivity index (χ1) is 12.1. The summed E-state index contributed by atoms with van der Waals surface area (Å²) in [6.07, 6.45) is -0.625. The molecule has 0 fully saturated rings. The maximum absolute atomic E-state index is 10.4. The van der Waals surface area contributed by atoms with Crippen LogP contribution in [-0.2, 0) is 0 Å². The van der Waals surface area contributed by atoms with Crippen molar-refractivity contribution >= 4 is 34.0 Å². The molecule has 0 aliphatic heterocycles. The Morgan fingerprint density at radius 1 is 1.12 bits per heavy atom. The predicted molar refractivity (Wildman–Crippen MR) is 100 cm³/mol. The molecule has 2 aromatic heterocycles. The molecule has 2 aromatic carbocycles. The SMILES string of the molecule is Cc1nn2c(nc(NC[C@@H](O)c3ccccc3)c3ccccc32)c1Cl. The van der Waals surface area contributed by atoms with Crippen molar-refractivity contribution in [3.05, 3.63) is 70.9 Å². The largest absolute Gasteiger partial charge is 0.387 e. The lowest BCUT2D eigenvalue weighted by Crippen LogP contribution is -2.13. The summed E-state index contributed by atoms with van der Waals surface area (Å²) in [6.45, 7) is 2.21. The number of nitrogens with one attached hydrogen (secondary N) is 1. The number of hydrogen-bond donors (Lipinski definition) is 2. The van der Waals surface area contributed by atoms with Gasteiger partial charge in [0, 0.05) is 11.9 Å². The smallest absolute Gasteiger partial charge is 0.176 e. The topological polar surface area (TPSA) is 62.5 Å². The number of hydrogen-bond acceptors (Lipinski definition) is 4. The molecule has 5 nitrogen and oxygen atoms in total. The number of aryl methyl sites for hydroxylation is 1. The fraction of sp³-hybridized carbons (Fsp3) is 0.158. The highest BCUT2D eigenvalue weighted by Crippen LogP contribution is 2.28. The van der Waals surface area contributed by atoms with Crippen LogP contribution in [-0.4, -0.2) is 26.2 Å². The van der Waals surface area contributed by atoms with Gasteiger partial charge in [0.05, 0.1) is 17.3 Å². The second-order valence-corrected chi connectivity index (χ2v) is 6.30. The van der Waals surface area contributed by atoms with Crippen LogP contribution in [0.5, 0.6) is 0 Å². The van der Waals surface area contributed by atoms with Crippen LogP contribution < -0.4 is 5.32 Å².